The lowest BCUT2D eigenvalue weighted by molar-refractivity contribution is -0.139. The van der Waals surface area contributed by atoms with Gasteiger partial charge in [0.15, 0.2) is 0 Å². The van der Waals surface area contributed by atoms with Crippen molar-refractivity contribution in [3.05, 3.63) is 71.3 Å². The molecule has 0 saturated carbocycles. The molecular formula is C19H20N2O2. The molecule has 1 aliphatic rings. The predicted molar refractivity (Wildman–Crippen MR) is 88.4 cm³/mol. The van der Waals surface area contributed by atoms with Crippen LogP contribution in [0.1, 0.15) is 23.1 Å². The van der Waals surface area contributed by atoms with Crippen molar-refractivity contribution in [1.29, 1.82) is 0 Å². The molecule has 2 amide bonds. The third kappa shape index (κ3) is 3.66. The minimum absolute atomic E-state index is 0.111. The van der Waals surface area contributed by atoms with Gasteiger partial charge in [-0.25, -0.2) is 0 Å². The van der Waals surface area contributed by atoms with Crippen molar-refractivity contribution in [1.82, 2.24) is 10.2 Å². The van der Waals surface area contributed by atoms with Gasteiger partial charge in [-0.2, -0.15) is 0 Å². The first-order chi connectivity index (χ1) is 11.1. The highest BCUT2D eigenvalue weighted by Gasteiger charge is 2.37. The van der Waals surface area contributed by atoms with Gasteiger partial charge in [-0.05, 0) is 18.1 Å². The Labute approximate surface area is 136 Å². The zero-order valence-corrected chi connectivity index (χ0v) is 13.2. The minimum atomic E-state index is -0.424. The second-order valence-electron chi connectivity index (χ2n) is 5.93. The molecule has 2 aromatic rings. The molecule has 118 valence electrons. The van der Waals surface area contributed by atoms with Gasteiger partial charge in [0, 0.05) is 6.54 Å². The first-order valence-electron chi connectivity index (χ1n) is 7.80. The number of benzene rings is 2. The van der Waals surface area contributed by atoms with E-state index in [0.29, 0.717) is 13.1 Å². The molecule has 0 aliphatic carbocycles. The van der Waals surface area contributed by atoms with Gasteiger partial charge in [0.05, 0.1) is 19.0 Å². The third-order valence-electron chi connectivity index (χ3n) is 4.06. The summed E-state index contributed by atoms with van der Waals surface area (Å²) in [5, 5.41) is 3.21. The lowest BCUT2D eigenvalue weighted by atomic mass is 10.1. The summed E-state index contributed by atoms with van der Waals surface area (Å²) in [4.78, 5) is 25.9. The molecule has 1 atom stereocenters. The number of nitrogens with one attached hydrogen (secondary N) is 1. The van der Waals surface area contributed by atoms with Crippen molar-refractivity contribution in [2.45, 2.75) is 32.5 Å². The summed E-state index contributed by atoms with van der Waals surface area (Å²) in [6.07, 6.45) is 0.234. The van der Waals surface area contributed by atoms with Crippen molar-refractivity contribution in [2.24, 2.45) is 0 Å². The number of carbonyl (C=O) groups is 2. The van der Waals surface area contributed by atoms with Crippen molar-refractivity contribution >= 4 is 11.8 Å². The van der Waals surface area contributed by atoms with Gasteiger partial charge >= 0.3 is 0 Å². The van der Waals surface area contributed by atoms with Gasteiger partial charge in [-0.15, -0.1) is 0 Å². The zero-order valence-electron chi connectivity index (χ0n) is 13.2. The van der Waals surface area contributed by atoms with E-state index >= 15 is 0 Å². The molecule has 0 spiro atoms. The topological polar surface area (TPSA) is 49.4 Å². The van der Waals surface area contributed by atoms with Gasteiger partial charge in [0.1, 0.15) is 0 Å². The van der Waals surface area contributed by atoms with Gasteiger partial charge < -0.3 is 5.32 Å². The van der Waals surface area contributed by atoms with E-state index in [9.17, 15) is 9.59 Å². The van der Waals surface area contributed by atoms with Crippen LogP contribution >= 0.6 is 0 Å². The lowest BCUT2D eigenvalue weighted by Gasteiger charge is -2.15. The predicted octanol–water partition coefficient (Wildman–Crippen LogP) is 2.41. The van der Waals surface area contributed by atoms with E-state index in [1.165, 1.54) is 10.5 Å². The van der Waals surface area contributed by atoms with Crippen LogP contribution in [0.4, 0.5) is 0 Å². The molecule has 4 heteroatoms. The number of carbonyl (C=O) groups excluding carboxylic acids is 2. The number of imide groups is 1. The van der Waals surface area contributed by atoms with Crippen LogP contribution in [0, 0.1) is 6.92 Å². The molecule has 23 heavy (non-hydrogen) atoms. The highest BCUT2D eigenvalue weighted by atomic mass is 16.2. The molecule has 0 radical (unpaired) electrons. The van der Waals surface area contributed by atoms with Crippen LogP contribution in [0.3, 0.4) is 0 Å². The van der Waals surface area contributed by atoms with Gasteiger partial charge in [-0.3, -0.25) is 14.5 Å². The first kappa shape index (κ1) is 15.4. The molecular weight excluding hydrogens is 288 g/mol. The quantitative estimate of drug-likeness (QED) is 0.863. The largest absolute Gasteiger partial charge is 0.301 e. The van der Waals surface area contributed by atoms with Crippen molar-refractivity contribution in [3.63, 3.8) is 0 Å². The molecule has 1 fully saturated rings. The van der Waals surface area contributed by atoms with Crippen LogP contribution in [0.5, 0.6) is 0 Å². The number of aryl methyl sites for hydroxylation is 1. The summed E-state index contributed by atoms with van der Waals surface area (Å²) in [6.45, 7) is 2.97. The zero-order chi connectivity index (χ0) is 16.2. The highest BCUT2D eigenvalue weighted by molar-refractivity contribution is 6.05. The fourth-order valence-electron chi connectivity index (χ4n) is 2.84. The van der Waals surface area contributed by atoms with E-state index in [0.717, 1.165) is 11.1 Å². The summed E-state index contributed by atoms with van der Waals surface area (Å²) in [7, 11) is 0. The molecule has 1 saturated heterocycles. The van der Waals surface area contributed by atoms with Crippen molar-refractivity contribution < 1.29 is 9.59 Å². The molecule has 1 N–H and O–H groups in total. The number of likely N-dealkylation sites (tertiary alicyclic amines) is 1. The van der Waals surface area contributed by atoms with Crippen LogP contribution in [0.25, 0.3) is 0 Å². The summed E-state index contributed by atoms with van der Waals surface area (Å²) in [6, 6.07) is 17.3. The average molecular weight is 308 g/mol. The summed E-state index contributed by atoms with van der Waals surface area (Å²) in [5.74, 6) is -0.243. The van der Waals surface area contributed by atoms with Crippen LogP contribution in [-0.2, 0) is 22.7 Å². The number of hydrogen-bond donors (Lipinski definition) is 1. The number of amides is 2. The first-order valence-corrected chi connectivity index (χ1v) is 7.80. The summed E-state index contributed by atoms with van der Waals surface area (Å²) >= 11 is 0. The second kappa shape index (κ2) is 6.75. The highest BCUT2D eigenvalue weighted by Crippen LogP contribution is 2.17. The summed E-state index contributed by atoms with van der Waals surface area (Å²) < 4.78 is 0. The SMILES string of the molecule is Cc1cccc(CNC2CC(=O)N(Cc3ccccc3)C2=O)c1. The van der Waals surface area contributed by atoms with Crippen LogP contribution < -0.4 is 5.32 Å². The Hall–Kier alpha value is -2.46. The Morgan fingerprint density at radius 1 is 1.04 bits per heavy atom. The van der Waals surface area contributed by atoms with Crippen LogP contribution in [-0.4, -0.2) is 22.8 Å². The van der Waals surface area contributed by atoms with Gasteiger partial charge in [0.25, 0.3) is 0 Å². The Balaban J connectivity index is 1.62. The molecule has 3 rings (SSSR count). The third-order valence-corrected chi connectivity index (χ3v) is 4.06. The van der Waals surface area contributed by atoms with E-state index in [1.54, 1.807) is 0 Å². The smallest absolute Gasteiger partial charge is 0.247 e. The molecule has 2 aromatic carbocycles. The lowest BCUT2D eigenvalue weighted by Crippen LogP contribution is -2.38. The normalized spacial score (nSPS) is 17.8. The molecule has 0 bridgehead atoms. The summed E-state index contributed by atoms with van der Waals surface area (Å²) in [5.41, 5.74) is 3.27. The van der Waals surface area contributed by atoms with Crippen LogP contribution in [0.2, 0.25) is 0 Å². The molecule has 1 unspecified atom stereocenters. The van der Waals surface area contributed by atoms with E-state index in [4.69, 9.17) is 0 Å². The standard InChI is InChI=1S/C19H20N2O2/c1-14-6-5-9-16(10-14)12-20-17-11-18(22)21(19(17)23)13-15-7-3-2-4-8-15/h2-10,17,20H,11-13H2,1H3. The second-order valence-corrected chi connectivity index (χ2v) is 5.93. The maximum atomic E-state index is 12.5. The maximum Gasteiger partial charge on any atom is 0.247 e. The average Bonchev–Trinajstić information content (AvgIpc) is 2.82. The van der Waals surface area contributed by atoms with Gasteiger partial charge in [0.2, 0.25) is 11.8 Å². The maximum absolute atomic E-state index is 12.5. The Morgan fingerprint density at radius 2 is 1.78 bits per heavy atom. The van der Waals surface area contributed by atoms with E-state index in [2.05, 4.69) is 11.4 Å². The Kier molecular flexibility index (Phi) is 4.53. The monoisotopic (exact) mass is 308 g/mol. The molecule has 0 aromatic heterocycles. The van der Waals surface area contributed by atoms with Crippen molar-refractivity contribution in [2.75, 3.05) is 0 Å². The minimum Gasteiger partial charge on any atom is -0.301 e. The van der Waals surface area contributed by atoms with Crippen LogP contribution in [0.15, 0.2) is 54.6 Å². The Morgan fingerprint density at radius 3 is 2.52 bits per heavy atom. The molecule has 1 aliphatic heterocycles. The van der Waals surface area contributed by atoms with E-state index in [1.807, 2.05) is 55.5 Å². The van der Waals surface area contributed by atoms with Crippen molar-refractivity contribution in [3.8, 4) is 0 Å². The van der Waals surface area contributed by atoms with E-state index < -0.39 is 6.04 Å². The molecule has 1 heterocycles. The number of hydrogen-bond acceptors (Lipinski definition) is 3. The van der Waals surface area contributed by atoms with E-state index in [-0.39, 0.29) is 18.2 Å². The Bertz CT molecular complexity index is 712. The fraction of sp³-hybridized carbons (Fsp3) is 0.263. The van der Waals surface area contributed by atoms with Gasteiger partial charge in [-0.1, -0.05) is 60.2 Å². The number of nitrogens with zero attached hydrogens (tertiary/aromatic N) is 1. The number of rotatable bonds is 5. The fourth-order valence-corrected chi connectivity index (χ4v) is 2.84. The molecule has 4 nitrogen and oxygen atoms in total.